The number of rotatable bonds is 2. The zero-order valence-electron chi connectivity index (χ0n) is 10.8. The molecule has 84 valence electrons. The Kier molecular flexibility index (Phi) is 4.16. The van der Waals surface area contributed by atoms with Crippen LogP contribution in [0.3, 0.4) is 0 Å². The summed E-state index contributed by atoms with van der Waals surface area (Å²) in [7, 11) is 0. The molecule has 0 N–H and O–H groups in total. The smallest absolute Gasteiger partial charge is 0.223 e. The molecule has 0 rings (SSSR count). The van der Waals surface area contributed by atoms with Gasteiger partial charge in [-0.2, -0.15) is 0 Å². The third-order valence-electron chi connectivity index (χ3n) is 2.11. The van der Waals surface area contributed by atoms with E-state index >= 15 is 0 Å². The van der Waals surface area contributed by atoms with Gasteiger partial charge in [-0.05, 0) is 33.1 Å². The van der Waals surface area contributed by atoms with E-state index in [0.717, 1.165) is 6.54 Å². The zero-order valence-corrected chi connectivity index (χ0v) is 10.8. The van der Waals surface area contributed by atoms with Gasteiger partial charge in [0.1, 0.15) is 0 Å². The highest BCUT2D eigenvalue weighted by molar-refractivity contribution is 5.77. The van der Waals surface area contributed by atoms with E-state index in [0.29, 0.717) is 6.42 Å². The lowest BCUT2D eigenvalue weighted by molar-refractivity contribution is -0.137. The highest BCUT2D eigenvalue weighted by Crippen LogP contribution is 2.23. The van der Waals surface area contributed by atoms with Crippen LogP contribution in [-0.4, -0.2) is 22.9 Å². The van der Waals surface area contributed by atoms with E-state index < -0.39 is 0 Å². The number of nitrogens with zero attached hydrogens (tertiary/aromatic N) is 1. The van der Waals surface area contributed by atoms with Crippen LogP contribution >= 0.6 is 0 Å². The summed E-state index contributed by atoms with van der Waals surface area (Å²) >= 11 is 0. The molecule has 0 saturated heterocycles. The Hall–Kier alpha value is -0.530. The Bertz CT molecular complexity index is 195. The molecule has 14 heavy (non-hydrogen) atoms. The molecular formula is C12H25NO. The molecule has 0 radical (unpaired) electrons. The summed E-state index contributed by atoms with van der Waals surface area (Å²) in [5.41, 5.74) is 0.0207. The van der Waals surface area contributed by atoms with Crippen molar-refractivity contribution >= 4 is 5.91 Å². The standard InChI is InChI=1S/C12H25NO/c1-8-13(12(5,6)7)10(14)9-11(2,3)4/h8-9H2,1-7H3. The number of amides is 1. The van der Waals surface area contributed by atoms with Crippen LogP contribution in [0.4, 0.5) is 0 Å². The first-order valence-corrected chi connectivity index (χ1v) is 5.38. The minimum atomic E-state index is -0.0584. The molecule has 0 bridgehead atoms. The lowest BCUT2D eigenvalue weighted by atomic mass is 9.90. The summed E-state index contributed by atoms with van der Waals surface area (Å²) in [6, 6.07) is 0. The van der Waals surface area contributed by atoms with E-state index in [1.807, 2.05) is 11.8 Å². The molecule has 0 saturated carbocycles. The molecule has 0 aliphatic carbocycles. The van der Waals surface area contributed by atoms with Crippen LogP contribution in [0.25, 0.3) is 0 Å². The summed E-state index contributed by atoms with van der Waals surface area (Å²) < 4.78 is 0. The maximum Gasteiger partial charge on any atom is 0.223 e. The number of carbonyl (C=O) groups excluding carboxylic acids is 1. The maximum absolute atomic E-state index is 12.0. The second-order valence-corrected chi connectivity index (χ2v) is 6.05. The molecule has 0 aromatic carbocycles. The van der Waals surface area contributed by atoms with Crippen LogP contribution in [0, 0.1) is 5.41 Å². The predicted octanol–water partition coefficient (Wildman–Crippen LogP) is 3.07. The Morgan fingerprint density at radius 3 is 1.71 bits per heavy atom. The molecule has 0 unspecified atom stereocenters. The SMILES string of the molecule is CCN(C(=O)CC(C)(C)C)C(C)(C)C. The van der Waals surface area contributed by atoms with Gasteiger partial charge < -0.3 is 4.90 Å². The average molecular weight is 199 g/mol. The fraction of sp³-hybridized carbons (Fsp3) is 0.917. The first kappa shape index (κ1) is 13.5. The highest BCUT2D eigenvalue weighted by Gasteiger charge is 2.27. The van der Waals surface area contributed by atoms with Gasteiger partial charge in [-0.25, -0.2) is 0 Å². The second-order valence-electron chi connectivity index (χ2n) is 6.05. The summed E-state index contributed by atoms with van der Waals surface area (Å²) in [5, 5.41) is 0. The van der Waals surface area contributed by atoms with Gasteiger partial charge in [0, 0.05) is 18.5 Å². The minimum Gasteiger partial charge on any atom is -0.338 e. The Morgan fingerprint density at radius 2 is 1.50 bits per heavy atom. The lowest BCUT2D eigenvalue weighted by Crippen LogP contribution is -2.46. The van der Waals surface area contributed by atoms with Crippen molar-refractivity contribution in [3.63, 3.8) is 0 Å². The molecule has 2 heteroatoms. The van der Waals surface area contributed by atoms with Crippen molar-refractivity contribution in [2.24, 2.45) is 5.41 Å². The molecule has 0 aliphatic heterocycles. The minimum absolute atomic E-state index is 0.0584. The van der Waals surface area contributed by atoms with Crippen LogP contribution < -0.4 is 0 Å². The first-order chi connectivity index (χ1) is 6.08. The van der Waals surface area contributed by atoms with Gasteiger partial charge in [-0.15, -0.1) is 0 Å². The molecule has 0 aliphatic rings. The third kappa shape index (κ3) is 4.64. The van der Waals surface area contributed by atoms with Gasteiger partial charge in [-0.3, -0.25) is 4.79 Å². The average Bonchev–Trinajstić information content (AvgIpc) is 1.79. The molecule has 0 spiro atoms. The lowest BCUT2D eigenvalue weighted by Gasteiger charge is -2.36. The summed E-state index contributed by atoms with van der Waals surface area (Å²) in [4.78, 5) is 13.9. The normalized spacial score (nSPS) is 12.8. The molecular weight excluding hydrogens is 174 g/mol. The van der Waals surface area contributed by atoms with Crippen molar-refractivity contribution in [2.45, 2.75) is 60.4 Å². The van der Waals surface area contributed by atoms with E-state index in [4.69, 9.17) is 0 Å². The zero-order chi connectivity index (χ0) is 11.6. The van der Waals surface area contributed by atoms with Gasteiger partial charge in [0.25, 0.3) is 0 Å². The number of hydrogen-bond acceptors (Lipinski definition) is 1. The Balaban J connectivity index is 4.50. The Morgan fingerprint density at radius 1 is 1.07 bits per heavy atom. The molecule has 0 heterocycles. The number of carbonyl (C=O) groups is 1. The topological polar surface area (TPSA) is 20.3 Å². The fourth-order valence-corrected chi connectivity index (χ4v) is 1.57. The van der Waals surface area contributed by atoms with Gasteiger partial charge in [-0.1, -0.05) is 20.8 Å². The van der Waals surface area contributed by atoms with Gasteiger partial charge in [0.05, 0.1) is 0 Å². The molecule has 0 atom stereocenters. The van der Waals surface area contributed by atoms with Gasteiger partial charge in [0.15, 0.2) is 0 Å². The molecule has 1 amide bonds. The third-order valence-corrected chi connectivity index (χ3v) is 2.11. The van der Waals surface area contributed by atoms with E-state index in [-0.39, 0.29) is 16.9 Å². The van der Waals surface area contributed by atoms with Crippen LogP contribution in [0.5, 0.6) is 0 Å². The maximum atomic E-state index is 12.0. The summed E-state index contributed by atoms with van der Waals surface area (Å²) in [6.07, 6.45) is 0.623. The number of hydrogen-bond donors (Lipinski definition) is 0. The van der Waals surface area contributed by atoms with Crippen molar-refractivity contribution < 1.29 is 4.79 Å². The highest BCUT2D eigenvalue weighted by atomic mass is 16.2. The van der Waals surface area contributed by atoms with Crippen molar-refractivity contribution in [2.75, 3.05) is 6.54 Å². The van der Waals surface area contributed by atoms with Crippen molar-refractivity contribution in [1.29, 1.82) is 0 Å². The van der Waals surface area contributed by atoms with Gasteiger partial charge >= 0.3 is 0 Å². The predicted molar refractivity (Wildman–Crippen MR) is 61.2 cm³/mol. The fourth-order valence-electron chi connectivity index (χ4n) is 1.57. The van der Waals surface area contributed by atoms with Crippen LogP contribution in [0.2, 0.25) is 0 Å². The second kappa shape index (κ2) is 4.33. The summed E-state index contributed by atoms with van der Waals surface area (Å²) in [6.45, 7) is 15.4. The largest absolute Gasteiger partial charge is 0.338 e. The van der Waals surface area contributed by atoms with Crippen molar-refractivity contribution in [3.8, 4) is 0 Å². The Labute approximate surface area is 88.7 Å². The van der Waals surface area contributed by atoms with Crippen molar-refractivity contribution in [1.82, 2.24) is 4.90 Å². The summed E-state index contributed by atoms with van der Waals surface area (Å²) in [5.74, 6) is 0.257. The van der Waals surface area contributed by atoms with Gasteiger partial charge in [0.2, 0.25) is 5.91 Å². The van der Waals surface area contributed by atoms with Crippen LogP contribution in [-0.2, 0) is 4.79 Å². The molecule has 2 nitrogen and oxygen atoms in total. The van der Waals surface area contributed by atoms with Crippen LogP contribution in [0.1, 0.15) is 54.9 Å². The van der Waals surface area contributed by atoms with E-state index in [1.54, 1.807) is 0 Å². The van der Waals surface area contributed by atoms with E-state index in [2.05, 4.69) is 41.5 Å². The molecule has 0 fully saturated rings. The quantitative estimate of drug-likeness (QED) is 0.669. The first-order valence-electron chi connectivity index (χ1n) is 5.38. The van der Waals surface area contributed by atoms with Crippen molar-refractivity contribution in [3.05, 3.63) is 0 Å². The monoisotopic (exact) mass is 199 g/mol. The molecule has 0 aromatic rings. The van der Waals surface area contributed by atoms with E-state index in [9.17, 15) is 4.79 Å². The van der Waals surface area contributed by atoms with E-state index in [1.165, 1.54) is 0 Å². The van der Waals surface area contributed by atoms with Crippen LogP contribution in [0.15, 0.2) is 0 Å². The molecule has 0 aromatic heterocycles.